The summed E-state index contributed by atoms with van der Waals surface area (Å²) >= 11 is 0. The third-order valence-corrected chi connectivity index (χ3v) is 11.8. The molecule has 5 heterocycles. The molecule has 2 aliphatic heterocycles. The molecule has 336 valence electrons. The minimum Gasteiger partial charge on any atom is -0.458 e. The Bertz CT molecular complexity index is 2900. The fraction of sp³-hybridized carbons (Fsp3) is 0.326. The Morgan fingerprint density at radius 1 is 0.938 bits per heavy atom. The van der Waals surface area contributed by atoms with Crippen LogP contribution in [0, 0.1) is 0 Å². The minimum atomic E-state index is -1.96. The van der Waals surface area contributed by atoms with Gasteiger partial charge in [0, 0.05) is 22.9 Å². The summed E-state index contributed by atoms with van der Waals surface area (Å²) < 4.78 is 14.6. The predicted molar refractivity (Wildman–Crippen MR) is 235 cm³/mol. The number of pyridine rings is 2. The summed E-state index contributed by atoms with van der Waals surface area (Å²) in [6.07, 6.45) is 1.84. The molecule has 1 unspecified atom stereocenters. The zero-order chi connectivity index (χ0) is 45.8. The van der Waals surface area contributed by atoms with E-state index in [1.807, 2.05) is 49.4 Å². The summed E-state index contributed by atoms with van der Waals surface area (Å²) in [5.41, 5.74) is 8.11. The molecule has 19 nitrogen and oxygen atoms in total. The van der Waals surface area contributed by atoms with Crippen molar-refractivity contribution in [3.8, 4) is 11.4 Å². The first-order chi connectivity index (χ1) is 31.4. The Morgan fingerprint density at radius 2 is 1.71 bits per heavy atom. The van der Waals surface area contributed by atoms with Crippen molar-refractivity contribution in [3.05, 3.63) is 123 Å². The van der Waals surface area contributed by atoms with Gasteiger partial charge in [-0.15, -0.1) is 5.10 Å². The van der Waals surface area contributed by atoms with Crippen molar-refractivity contribution >= 4 is 51.3 Å². The second kappa shape index (κ2) is 18.8. The maximum Gasteiger partial charge on any atom is 0.343 e. The highest BCUT2D eigenvalue weighted by molar-refractivity contribution is 6.09. The zero-order valence-electron chi connectivity index (χ0n) is 35.8. The smallest absolute Gasteiger partial charge is 0.343 e. The molecule has 0 saturated carbocycles. The van der Waals surface area contributed by atoms with Crippen molar-refractivity contribution in [2.24, 2.45) is 5.73 Å². The number of esters is 1. The number of nitrogens with one attached hydrogen (secondary N) is 4. The summed E-state index contributed by atoms with van der Waals surface area (Å²) in [4.78, 5) is 82.1. The molecule has 6 aromatic rings. The van der Waals surface area contributed by atoms with E-state index in [0.717, 1.165) is 32.8 Å². The van der Waals surface area contributed by atoms with Crippen molar-refractivity contribution in [1.29, 1.82) is 0 Å². The fourth-order valence-electron chi connectivity index (χ4n) is 8.36. The van der Waals surface area contributed by atoms with Gasteiger partial charge in [-0.1, -0.05) is 79.7 Å². The normalized spacial score (nSPS) is 15.9. The van der Waals surface area contributed by atoms with Crippen LogP contribution in [0.15, 0.2) is 83.8 Å². The van der Waals surface area contributed by atoms with Gasteiger partial charge in [0.25, 0.3) is 5.56 Å². The van der Waals surface area contributed by atoms with Gasteiger partial charge in [-0.05, 0) is 46.9 Å². The number of carbonyl (C=O) groups excluding carboxylic acids is 5. The molecule has 3 atom stereocenters. The SMILES string of the molecule is CCC(OCNC(=O)CNC(=O)[C@H](Cc1ccccc1)NC(=O)CNC(=O)CN)c1cn(Cc2c3c(nc4ccc5ccccc5c24)-c2cc4c(c(=O)n2C3)COC(=O)[C@]4(O)CC)nn1. The second-order valence-electron chi connectivity index (χ2n) is 15.9. The van der Waals surface area contributed by atoms with Gasteiger partial charge < -0.3 is 46.1 Å². The molecule has 0 aliphatic carbocycles. The van der Waals surface area contributed by atoms with Crippen LogP contribution < -0.4 is 32.6 Å². The van der Waals surface area contributed by atoms with Crippen LogP contribution in [0.5, 0.6) is 0 Å². The van der Waals surface area contributed by atoms with E-state index in [0.29, 0.717) is 29.0 Å². The minimum absolute atomic E-state index is 0.0257. The highest BCUT2D eigenvalue weighted by Crippen LogP contribution is 2.41. The maximum atomic E-state index is 14.1. The Morgan fingerprint density at radius 3 is 2.48 bits per heavy atom. The van der Waals surface area contributed by atoms with Crippen LogP contribution in [0.3, 0.4) is 0 Å². The van der Waals surface area contributed by atoms with E-state index in [4.69, 9.17) is 20.2 Å². The van der Waals surface area contributed by atoms with Crippen LogP contribution in [0.25, 0.3) is 33.1 Å². The summed E-state index contributed by atoms with van der Waals surface area (Å²) in [6.45, 7) is 2.49. The van der Waals surface area contributed by atoms with Crippen molar-refractivity contribution in [3.63, 3.8) is 0 Å². The average molecular weight is 885 g/mol. The zero-order valence-corrected chi connectivity index (χ0v) is 35.8. The second-order valence-corrected chi connectivity index (χ2v) is 15.9. The van der Waals surface area contributed by atoms with E-state index in [1.54, 1.807) is 52.7 Å². The molecule has 0 radical (unpaired) electrons. The van der Waals surface area contributed by atoms with Gasteiger partial charge in [-0.25, -0.2) is 14.5 Å². The summed E-state index contributed by atoms with van der Waals surface area (Å²) in [5.74, 6) is -3.06. The van der Waals surface area contributed by atoms with Gasteiger partial charge >= 0.3 is 5.97 Å². The highest BCUT2D eigenvalue weighted by atomic mass is 16.6. The van der Waals surface area contributed by atoms with E-state index in [1.165, 1.54) is 0 Å². The van der Waals surface area contributed by atoms with Gasteiger partial charge in [0.15, 0.2) is 5.60 Å². The number of fused-ring (bicyclic) bond motifs is 7. The molecule has 2 aliphatic rings. The monoisotopic (exact) mass is 884 g/mol. The molecular formula is C46H48N10O9. The van der Waals surface area contributed by atoms with Crippen molar-refractivity contribution in [1.82, 2.24) is 45.8 Å². The quantitative estimate of drug-likeness (QED) is 0.0429. The number of cyclic esters (lactones) is 1. The number of carbonyl (C=O) groups is 5. The molecule has 0 saturated heterocycles. The van der Waals surface area contributed by atoms with E-state index < -0.39 is 53.9 Å². The number of ether oxygens (including phenoxy) is 2. The Labute approximate surface area is 371 Å². The summed E-state index contributed by atoms with van der Waals surface area (Å²) in [5, 5.41) is 33.3. The summed E-state index contributed by atoms with van der Waals surface area (Å²) in [7, 11) is 0. The Balaban J connectivity index is 0.968. The number of aromatic nitrogens is 5. The van der Waals surface area contributed by atoms with Crippen molar-refractivity contribution in [2.75, 3.05) is 26.4 Å². The lowest BCUT2D eigenvalue weighted by Gasteiger charge is -2.31. The van der Waals surface area contributed by atoms with Gasteiger partial charge in [0.2, 0.25) is 23.6 Å². The molecule has 8 rings (SSSR count). The molecule has 65 heavy (non-hydrogen) atoms. The van der Waals surface area contributed by atoms with Gasteiger partial charge in [-0.3, -0.25) is 24.0 Å². The highest BCUT2D eigenvalue weighted by Gasteiger charge is 2.45. The number of benzene rings is 3. The van der Waals surface area contributed by atoms with Crippen LogP contribution in [0.1, 0.15) is 66.3 Å². The first-order valence-electron chi connectivity index (χ1n) is 21.3. The number of aliphatic hydroxyl groups is 1. The first kappa shape index (κ1) is 44.3. The molecule has 7 N–H and O–H groups in total. The summed E-state index contributed by atoms with van der Waals surface area (Å²) in [6, 6.07) is 21.6. The number of hydrogen-bond donors (Lipinski definition) is 6. The van der Waals surface area contributed by atoms with E-state index in [-0.39, 0.29) is 69.0 Å². The lowest BCUT2D eigenvalue weighted by Crippen LogP contribution is -2.52. The van der Waals surface area contributed by atoms with E-state index in [2.05, 4.69) is 31.6 Å². The third kappa shape index (κ3) is 8.93. The largest absolute Gasteiger partial charge is 0.458 e. The lowest BCUT2D eigenvalue weighted by molar-refractivity contribution is -0.172. The van der Waals surface area contributed by atoms with Gasteiger partial charge in [0.05, 0.1) is 61.4 Å². The van der Waals surface area contributed by atoms with E-state index in [9.17, 15) is 33.9 Å². The first-order valence-corrected chi connectivity index (χ1v) is 21.3. The molecule has 19 heteroatoms. The molecule has 4 amide bonds. The lowest BCUT2D eigenvalue weighted by atomic mass is 9.86. The van der Waals surface area contributed by atoms with Crippen molar-refractivity contribution < 1.29 is 38.6 Å². The molecular weight excluding hydrogens is 837 g/mol. The van der Waals surface area contributed by atoms with Gasteiger partial charge in [0.1, 0.15) is 31.2 Å². The molecule has 0 bridgehead atoms. The standard InChI is InChI=1S/C46H48N10O9/c1-3-37(65-25-50-39(58)19-49-43(60)34(16-26-10-6-5-7-11-26)51-40(59)20-48-38(57)18-47)35-23-55(54-53-35)21-29-30-22-56-36(17-32-31(44(56)61)24-64-45(62)46(32,63)4-2)42(30)52-33-15-14-27-12-8-9-13-28(27)41(29)33/h5-15,17,23,34,37,63H,3-4,16,18-22,24-25,47H2,1-2H3,(H,48,57)(H,49,60)(H,50,58)(H,51,59)/t34-,37?,46-/m0/s1. The molecule has 0 fully saturated rings. The van der Waals surface area contributed by atoms with Gasteiger partial charge in [-0.2, -0.15) is 0 Å². The maximum absolute atomic E-state index is 14.1. The van der Waals surface area contributed by atoms with Crippen LogP contribution in [-0.2, 0) is 65.2 Å². The number of nitrogens with zero attached hydrogens (tertiary/aromatic N) is 5. The predicted octanol–water partition coefficient (Wildman–Crippen LogP) is 1.33. The van der Waals surface area contributed by atoms with Crippen molar-refractivity contribution in [2.45, 2.75) is 70.6 Å². The molecule has 3 aromatic carbocycles. The number of nitrogens with two attached hydrogens (primary N) is 1. The Hall–Kier alpha value is -7.35. The van der Waals surface area contributed by atoms with Crippen LogP contribution in [0.2, 0.25) is 0 Å². The number of rotatable bonds is 17. The molecule has 3 aromatic heterocycles. The van der Waals surface area contributed by atoms with Crippen LogP contribution in [0.4, 0.5) is 0 Å². The van der Waals surface area contributed by atoms with E-state index >= 15 is 0 Å². The third-order valence-electron chi connectivity index (χ3n) is 11.8. The molecule has 0 spiro atoms. The fourth-order valence-corrected chi connectivity index (χ4v) is 8.36. The number of amides is 4. The topological polar surface area (TPSA) is 264 Å². The average Bonchev–Trinajstić information content (AvgIpc) is 3.95. The van der Waals surface area contributed by atoms with Crippen LogP contribution >= 0.6 is 0 Å². The van der Waals surface area contributed by atoms with Crippen LogP contribution in [-0.4, -0.2) is 91.7 Å². The Kier molecular flexibility index (Phi) is 12.8. The number of hydrogen-bond acceptors (Lipinski definition) is 13.